The summed E-state index contributed by atoms with van der Waals surface area (Å²) in [6.45, 7) is 2.65. The highest BCUT2D eigenvalue weighted by atomic mass is 16.6. The molecule has 0 aromatic heterocycles. The van der Waals surface area contributed by atoms with Crippen LogP contribution in [-0.2, 0) is 20.9 Å². The molecule has 2 aromatic carbocycles. The van der Waals surface area contributed by atoms with Gasteiger partial charge in [0, 0.05) is 37.3 Å². The summed E-state index contributed by atoms with van der Waals surface area (Å²) in [7, 11) is 0. The molecule has 0 bridgehead atoms. The van der Waals surface area contributed by atoms with Gasteiger partial charge in [-0.3, -0.25) is 19.7 Å². The molecule has 156 valence electrons. The number of nitrogens with zero attached hydrogens (tertiary/aromatic N) is 2. The van der Waals surface area contributed by atoms with Gasteiger partial charge in [0.25, 0.3) is 11.6 Å². The number of esters is 1. The zero-order valence-electron chi connectivity index (χ0n) is 16.4. The van der Waals surface area contributed by atoms with Crippen LogP contribution in [0.25, 0.3) is 0 Å². The van der Waals surface area contributed by atoms with E-state index in [1.807, 2.05) is 0 Å². The number of benzene rings is 2. The summed E-state index contributed by atoms with van der Waals surface area (Å²) in [5.41, 5.74) is 1.26. The molecular formula is C21H21N3O6. The predicted molar refractivity (Wildman–Crippen MR) is 108 cm³/mol. The maximum atomic E-state index is 12.3. The van der Waals surface area contributed by atoms with Crippen molar-refractivity contribution in [2.45, 2.75) is 32.4 Å². The minimum absolute atomic E-state index is 0.127. The van der Waals surface area contributed by atoms with Crippen LogP contribution in [-0.4, -0.2) is 40.3 Å². The van der Waals surface area contributed by atoms with Gasteiger partial charge in [0.15, 0.2) is 6.10 Å². The SMILES string of the molecule is C[C@H](OC(=O)c1ccc(CN2CCCC2=O)cc1)C(=O)Nc1cccc([N+](=O)[O-])c1. The van der Waals surface area contributed by atoms with Crippen LogP contribution >= 0.6 is 0 Å². The van der Waals surface area contributed by atoms with Crippen LogP contribution < -0.4 is 5.32 Å². The number of amides is 2. The van der Waals surface area contributed by atoms with Gasteiger partial charge in [-0.1, -0.05) is 18.2 Å². The Hall–Kier alpha value is -3.75. The molecule has 0 unspecified atom stereocenters. The number of anilines is 1. The number of hydrogen-bond donors (Lipinski definition) is 1. The summed E-state index contributed by atoms with van der Waals surface area (Å²) in [6.07, 6.45) is 0.332. The van der Waals surface area contributed by atoms with Crippen molar-refractivity contribution in [1.82, 2.24) is 4.90 Å². The Kier molecular flexibility index (Phi) is 6.41. The first kappa shape index (κ1) is 21.0. The highest BCUT2D eigenvalue weighted by Crippen LogP contribution is 2.18. The molecule has 9 heteroatoms. The van der Waals surface area contributed by atoms with Crippen molar-refractivity contribution in [3.8, 4) is 0 Å². The number of ether oxygens (including phenoxy) is 1. The number of hydrogen-bond acceptors (Lipinski definition) is 6. The van der Waals surface area contributed by atoms with E-state index < -0.39 is 22.9 Å². The summed E-state index contributed by atoms with van der Waals surface area (Å²) in [6, 6.07) is 12.1. The molecule has 1 N–H and O–H groups in total. The van der Waals surface area contributed by atoms with Gasteiger partial charge in [-0.25, -0.2) is 4.79 Å². The van der Waals surface area contributed by atoms with Crippen LogP contribution in [0.5, 0.6) is 0 Å². The second-order valence-corrected chi connectivity index (χ2v) is 6.96. The van der Waals surface area contributed by atoms with Gasteiger partial charge in [0.2, 0.25) is 5.91 Å². The van der Waals surface area contributed by atoms with E-state index in [-0.39, 0.29) is 22.8 Å². The van der Waals surface area contributed by atoms with Crippen molar-refractivity contribution in [3.63, 3.8) is 0 Å². The second-order valence-electron chi connectivity index (χ2n) is 6.96. The molecular weight excluding hydrogens is 390 g/mol. The van der Waals surface area contributed by atoms with Gasteiger partial charge in [-0.05, 0) is 37.1 Å². The van der Waals surface area contributed by atoms with Crippen LogP contribution in [0.4, 0.5) is 11.4 Å². The average Bonchev–Trinajstić information content (AvgIpc) is 3.13. The van der Waals surface area contributed by atoms with E-state index in [2.05, 4.69) is 5.32 Å². The van der Waals surface area contributed by atoms with Crippen LogP contribution in [0.1, 0.15) is 35.7 Å². The fourth-order valence-electron chi connectivity index (χ4n) is 3.06. The van der Waals surface area contributed by atoms with Crippen molar-refractivity contribution in [3.05, 3.63) is 69.8 Å². The Morgan fingerprint density at radius 2 is 1.97 bits per heavy atom. The monoisotopic (exact) mass is 411 g/mol. The Morgan fingerprint density at radius 3 is 2.60 bits per heavy atom. The van der Waals surface area contributed by atoms with E-state index in [0.717, 1.165) is 18.5 Å². The zero-order chi connectivity index (χ0) is 21.7. The third-order valence-electron chi connectivity index (χ3n) is 4.71. The third kappa shape index (κ3) is 5.19. The lowest BCUT2D eigenvalue weighted by Gasteiger charge is -2.16. The number of likely N-dealkylation sites (tertiary alicyclic amines) is 1. The van der Waals surface area contributed by atoms with Crippen molar-refractivity contribution < 1.29 is 24.0 Å². The van der Waals surface area contributed by atoms with E-state index in [0.29, 0.717) is 13.0 Å². The van der Waals surface area contributed by atoms with E-state index in [4.69, 9.17) is 4.74 Å². The van der Waals surface area contributed by atoms with E-state index >= 15 is 0 Å². The zero-order valence-corrected chi connectivity index (χ0v) is 16.4. The summed E-state index contributed by atoms with van der Waals surface area (Å²) in [5.74, 6) is -1.14. The largest absolute Gasteiger partial charge is 0.449 e. The molecule has 0 saturated carbocycles. The lowest BCUT2D eigenvalue weighted by molar-refractivity contribution is -0.384. The fourth-order valence-corrected chi connectivity index (χ4v) is 3.06. The molecule has 1 saturated heterocycles. The molecule has 3 rings (SSSR count). The minimum Gasteiger partial charge on any atom is -0.449 e. The van der Waals surface area contributed by atoms with E-state index in [9.17, 15) is 24.5 Å². The van der Waals surface area contributed by atoms with Crippen LogP contribution in [0.3, 0.4) is 0 Å². The first-order chi connectivity index (χ1) is 14.3. The molecule has 1 heterocycles. The topological polar surface area (TPSA) is 119 Å². The maximum absolute atomic E-state index is 12.3. The lowest BCUT2D eigenvalue weighted by Crippen LogP contribution is -2.30. The minimum atomic E-state index is -1.10. The molecule has 9 nitrogen and oxygen atoms in total. The number of carbonyl (C=O) groups excluding carboxylic acids is 3. The van der Waals surface area contributed by atoms with Gasteiger partial charge < -0.3 is 15.0 Å². The number of nitrogens with one attached hydrogen (secondary N) is 1. The van der Waals surface area contributed by atoms with Crippen molar-refractivity contribution in [2.24, 2.45) is 0 Å². The standard InChI is InChI=1S/C21H21N3O6/c1-14(20(26)22-17-4-2-5-18(12-17)24(28)29)30-21(27)16-9-7-15(8-10-16)13-23-11-3-6-19(23)25/h2,4-5,7-10,12,14H,3,6,11,13H2,1H3,(H,22,26)/t14-/m0/s1. The van der Waals surface area contributed by atoms with Gasteiger partial charge in [-0.2, -0.15) is 0 Å². The maximum Gasteiger partial charge on any atom is 0.338 e. The number of nitro groups is 1. The lowest BCUT2D eigenvalue weighted by atomic mass is 10.1. The summed E-state index contributed by atoms with van der Waals surface area (Å²) in [5, 5.41) is 13.3. The summed E-state index contributed by atoms with van der Waals surface area (Å²) in [4.78, 5) is 48.3. The Balaban J connectivity index is 1.55. The second kappa shape index (κ2) is 9.17. The van der Waals surface area contributed by atoms with Crippen LogP contribution in [0.2, 0.25) is 0 Å². The number of carbonyl (C=O) groups is 3. The fraction of sp³-hybridized carbons (Fsp3) is 0.286. The Morgan fingerprint density at radius 1 is 1.23 bits per heavy atom. The molecule has 0 radical (unpaired) electrons. The van der Waals surface area contributed by atoms with Crippen LogP contribution in [0.15, 0.2) is 48.5 Å². The number of non-ortho nitro benzene ring substituents is 1. The summed E-state index contributed by atoms with van der Waals surface area (Å²) < 4.78 is 5.19. The first-order valence-corrected chi connectivity index (χ1v) is 9.46. The van der Waals surface area contributed by atoms with Gasteiger partial charge in [0.1, 0.15) is 0 Å². The Bertz CT molecular complexity index is 973. The average molecular weight is 411 g/mol. The molecule has 1 fully saturated rings. The highest BCUT2D eigenvalue weighted by molar-refractivity contribution is 5.97. The molecule has 30 heavy (non-hydrogen) atoms. The first-order valence-electron chi connectivity index (χ1n) is 9.46. The van der Waals surface area contributed by atoms with E-state index in [1.165, 1.54) is 31.2 Å². The predicted octanol–water partition coefficient (Wildman–Crippen LogP) is 2.90. The highest BCUT2D eigenvalue weighted by Gasteiger charge is 2.21. The normalized spacial score (nSPS) is 14.3. The molecule has 0 spiro atoms. The molecule has 1 aliphatic rings. The van der Waals surface area contributed by atoms with Gasteiger partial charge >= 0.3 is 5.97 Å². The quantitative estimate of drug-likeness (QED) is 0.425. The van der Waals surface area contributed by atoms with Crippen molar-refractivity contribution >= 4 is 29.2 Å². The third-order valence-corrected chi connectivity index (χ3v) is 4.71. The number of rotatable bonds is 7. The van der Waals surface area contributed by atoms with Crippen molar-refractivity contribution in [1.29, 1.82) is 0 Å². The Labute approximate surface area is 172 Å². The van der Waals surface area contributed by atoms with Gasteiger partial charge in [0.05, 0.1) is 10.5 Å². The number of nitro benzene ring substituents is 1. The smallest absolute Gasteiger partial charge is 0.338 e. The molecule has 2 amide bonds. The summed E-state index contributed by atoms with van der Waals surface area (Å²) >= 11 is 0. The molecule has 0 aliphatic carbocycles. The van der Waals surface area contributed by atoms with E-state index in [1.54, 1.807) is 29.2 Å². The van der Waals surface area contributed by atoms with Crippen LogP contribution in [0, 0.1) is 10.1 Å². The molecule has 1 aliphatic heterocycles. The van der Waals surface area contributed by atoms with Crippen molar-refractivity contribution in [2.75, 3.05) is 11.9 Å². The molecule has 1 atom stereocenters. The molecule has 2 aromatic rings. The van der Waals surface area contributed by atoms with Gasteiger partial charge in [-0.15, -0.1) is 0 Å².